The van der Waals surface area contributed by atoms with Crippen LogP contribution in [0.3, 0.4) is 0 Å². The van der Waals surface area contributed by atoms with E-state index < -0.39 is 0 Å². The molecule has 1 aliphatic rings. The predicted molar refractivity (Wildman–Crippen MR) is 106 cm³/mol. The van der Waals surface area contributed by atoms with Crippen molar-refractivity contribution in [1.29, 1.82) is 0 Å². The van der Waals surface area contributed by atoms with Gasteiger partial charge in [0.1, 0.15) is 5.82 Å². The van der Waals surface area contributed by atoms with Crippen LogP contribution < -0.4 is 16.0 Å². The van der Waals surface area contributed by atoms with E-state index in [0.29, 0.717) is 12.0 Å². The topological polar surface area (TPSA) is 78.9 Å². The number of hydrogen-bond donors (Lipinski definition) is 3. The van der Waals surface area contributed by atoms with Gasteiger partial charge in [-0.25, -0.2) is 4.98 Å². The monoisotopic (exact) mass is 353 g/mol. The van der Waals surface area contributed by atoms with E-state index in [0.717, 1.165) is 22.9 Å². The van der Waals surface area contributed by atoms with E-state index in [4.69, 9.17) is 0 Å². The maximum absolute atomic E-state index is 11.2. The van der Waals surface area contributed by atoms with Gasteiger partial charge in [-0.1, -0.05) is 31.7 Å². The van der Waals surface area contributed by atoms with Gasteiger partial charge < -0.3 is 16.0 Å². The number of carbonyl (C=O) groups is 1. The fourth-order valence-electron chi connectivity index (χ4n) is 3.34. The highest BCUT2D eigenvalue weighted by Gasteiger charge is 2.13. The number of benzene rings is 1. The van der Waals surface area contributed by atoms with Crippen LogP contribution in [0.15, 0.2) is 30.3 Å². The van der Waals surface area contributed by atoms with E-state index in [1.807, 2.05) is 37.3 Å². The van der Waals surface area contributed by atoms with Crippen molar-refractivity contribution in [2.75, 3.05) is 16.0 Å². The van der Waals surface area contributed by atoms with Crippen LogP contribution in [0.25, 0.3) is 0 Å². The number of nitrogens with zero attached hydrogens (tertiary/aromatic N) is 2. The maximum atomic E-state index is 11.2. The lowest BCUT2D eigenvalue weighted by molar-refractivity contribution is -0.114. The molecule has 26 heavy (non-hydrogen) atoms. The van der Waals surface area contributed by atoms with Gasteiger partial charge in [0.25, 0.3) is 0 Å². The number of anilines is 4. The Morgan fingerprint density at radius 1 is 1.04 bits per heavy atom. The Bertz CT molecular complexity index is 754. The number of rotatable bonds is 5. The molecule has 1 aliphatic carbocycles. The molecule has 2 aromatic rings. The lowest BCUT2D eigenvalue weighted by atomic mass is 10.1. The second-order valence-corrected chi connectivity index (χ2v) is 6.94. The number of nitrogens with one attached hydrogen (secondary N) is 3. The summed E-state index contributed by atoms with van der Waals surface area (Å²) in [6.45, 7) is 3.47. The van der Waals surface area contributed by atoms with Gasteiger partial charge in [0.2, 0.25) is 11.9 Å². The average molecular weight is 353 g/mol. The van der Waals surface area contributed by atoms with Crippen molar-refractivity contribution in [2.24, 2.45) is 0 Å². The van der Waals surface area contributed by atoms with Crippen LogP contribution in [0.5, 0.6) is 0 Å². The molecule has 6 heteroatoms. The van der Waals surface area contributed by atoms with Crippen LogP contribution in [-0.4, -0.2) is 21.9 Å². The summed E-state index contributed by atoms with van der Waals surface area (Å²) in [7, 11) is 0. The number of hydrogen-bond acceptors (Lipinski definition) is 5. The molecule has 138 valence electrons. The van der Waals surface area contributed by atoms with E-state index in [1.165, 1.54) is 45.4 Å². The molecule has 0 spiro atoms. The first-order valence-electron chi connectivity index (χ1n) is 9.35. The molecule has 0 atom stereocenters. The predicted octanol–water partition coefficient (Wildman–Crippen LogP) is 4.62. The van der Waals surface area contributed by atoms with Crippen LogP contribution in [-0.2, 0) is 4.79 Å². The molecular formula is C20H27N5O. The Morgan fingerprint density at radius 2 is 1.77 bits per heavy atom. The SMILES string of the molecule is CC(=O)Nc1cccc(Nc2nc(C)cc(NC3CCCCCC3)n2)c1. The molecule has 1 saturated carbocycles. The Morgan fingerprint density at radius 3 is 2.50 bits per heavy atom. The van der Waals surface area contributed by atoms with E-state index in [2.05, 4.69) is 25.9 Å². The quantitative estimate of drug-likeness (QED) is 0.684. The van der Waals surface area contributed by atoms with Gasteiger partial charge >= 0.3 is 0 Å². The highest BCUT2D eigenvalue weighted by Crippen LogP contribution is 2.23. The first-order chi connectivity index (χ1) is 12.6. The molecule has 3 N–H and O–H groups in total. The van der Waals surface area contributed by atoms with Crippen LogP contribution in [0, 0.1) is 6.92 Å². The molecular weight excluding hydrogens is 326 g/mol. The fraction of sp³-hybridized carbons (Fsp3) is 0.450. The minimum absolute atomic E-state index is 0.0937. The van der Waals surface area contributed by atoms with Gasteiger partial charge in [-0.2, -0.15) is 4.98 Å². The van der Waals surface area contributed by atoms with Crippen molar-refractivity contribution >= 4 is 29.0 Å². The summed E-state index contributed by atoms with van der Waals surface area (Å²) in [5, 5.41) is 9.59. The lowest BCUT2D eigenvalue weighted by Gasteiger charge is -2.18. The third kappa shape index (κ3) is 5.44. The Labute approximate surface area is 154 Å². The molecule has 0 radical (unpaired) electrons. The molecule has 1 aromatic carbocycles. The first kappa shape index (κ1) is 18.2. The molecule has 0 bridgehead atoms. The number of aromatic nitrogens is 2. The first-order valence-corrected chi connectivity index (χ1v) is 9.35. The van der Waals surface area contributed by atoms with Crippen molar-refractivity contribution < 1.29 is 4.79 Å². The van der Waals surface area contributed by atoms with E-state index in [-0.39, 0.29) is 5.91 Å². The minimum Gasteiger partial charge on any atom is -0.367 e. The normalized spacial score (nSPS) is 15.2. The molecule has 0 saturated heterocycles. The standard InChI is InChI=1S/C20H27N5O/c1-14-12-19(23-16-8-5-3-4-6-9-16)25-20(21-14)24-18-11-7-10-17(13-18)22-15(2)26/h7,10-13,16H,3-6,8-9H2,1-2H3,(H,22,26)(H2,21,23,24,25). The summed E-state index contributed by atoms with van der Waals surface area (Å²) in [6.07, 6.45) is 7.62. The van der Waals surface area contributed by atoms with Crippen LogP contribution in [0.2, 0.25) is 0 Å². The third-order valence-electron chi connectivity index (χ3n) is 4.50. The van der Waals surface area contributed by atoms with Gasteiger partial charge in [0.05, 0.1) is 0 Å². The summed E-state index contributed by atoms with van der Waals surface area (Å²) >= 11 is 0. The van der Waals surface area contributed by atoms with Gasteiger partial charge in [-0.05, 0) is 38.0 Å². The molecule has 1 heterocycles. The van der Waals surface area contributed by atoms with Crippen molar-refractivity contribution in [2.45, 2.75) is 58.4 Å². The molecule has 1 fully saturated rings. The average Bonchev–Trinajstić information content (AvgIpc) is 2.82. The van der Waals surface area contributed by atoms with Crippen LogP contribution >= 0.6 is 0 Å². The maximum Gasteiger partial charge on any atom is 0.229 e. The molecule has 3 rings (SSSR count). The van der Waals surface area contributed by atoms with Gasteiger partial charge in [-0.3, -0.25) is 4.79 Å². The Kier molecular flexibility index (Phi) is 6.04. The lowest BCUT2D eigenvalue weighted by Crippen LogP contribution is -2.19. The molecule has 1 aromatic heterocycles. The van der Waals surface area contributed by atoms with Crippen LogP contribution in [0.1, 0.15) is 51.1 Å². The van der Waals surface area contributed by atoms with E-state index >= 15 is 0 Å². The Hall–Kier alpha value is -2.63. The summed E-state index contributed by atoms with van der Waals surface area (Å²) in [5.74, 6) is 1.33. The van der Waals surface area contributed by atoms with Crippen molar-refractivity contribution in [1.82, 2.24) is 9.97 Å². The van der Waals surface area contributed by atoms with E-state index in [1.54, 1.807) is 0 Å². The highest BCUT2D eigenvalue weighted by atomic mass is 16.1. The van der Waals surface area contributed by atoms with Gasteiger partial charge in [0.15, 0.2) is 0 Å². The zero-order chi connectivity index (χ0) is 18.4. The zero-order valence-electron chi connectivity index (χ0n) is 15.5. The van der Waals surface area contributed by atoms with Gasteiger partial charge in [-0.15, -0.1) is 0 Å². The minimum atomic E-state index is -0.0937. The summed E-state index contributed by atoms with van der Waals surface area (Å²) < 4.78 is 0. The van der Waals surface area contributed by atoms with Crippen molar-refractivity contribution in [3.8, 4) is 0 Å². The summed E-state index contributed by atoms with van der Waals surface area (Å²) in [5.41, 5.74) is 2.49. The largest absolute Gasteiger partial charge is 0.367 e. The fourth-order valence-corrected chi connectivity index (χ4v) is 3.34. The molecule has 6 nitrogen and oxygen atoms in total. The Balaban J connectivity index is 1.72. The highest BCUT2D eigenvalue weighted by molar-refractivity contribution is 5.89. The molecule has 0 aliphatic heterocycles. The van der Waals surface area contributed by atoms with E-state index in [9.17, 15) is 4.79 Å². The number of aryl methyl sites for hydroxylation is 1. The van der Waals surface area contributed by atoms with Crippen LogP contribution in [0.4, 0.5) is 23.1 Å². The number of amides is 1. The second kappa shape index (κ2) is 8.65. The zero-order valence-corrected chi connectivity index (χ0v) is 15.5. The third-order valence-corrected chi connectivity index (χ3v) is 4.50. The van der Waals surface area contributed by atoms with Crippen molar-refractivity contribution in [3.05, 3.63) is 36.0 Å². The summed E-state index contributed by atoms with van der Waals surface area (Å²) in [6, 6.07) is 10.0. The smallest absolute Gasteiger partial charge is 0.229 e. The molecule has 0 unspecified atom stereocenters. The second-order valence-electron chi connectivity index (χ2n) is 6.94. The number of carbonyl (C=O) groups excluding carboxylic acids is 1. The molecule has 1 amide bonds. The van der Waals surface area contributed by atoms with Crippen molar-refractivity contribution in [3.63, 3.8) is 0 Å². The van der Waals surface area contributed by atoms with Gasteiger partial charge in [0, 0.05) is 36.1 Å². The summed E-state index contributed by atoms with van der Waals surface area (Å²) in [4.78, 5) is 20.3.